The highest BCUT2D eigenvalue weighted by atomic mass is 16.5. The van der Waals surface area contributed by atoms with Gasteiger partial charge < -0.3 is 14.8 Å². The number of hydrogen-bond acceptors (Lipinski definition) is 3. The van der Waals surface area contributed by atoms with E-state index < -0.39 is 0 Å². The number of nitrogens with one attached hydrogen (secondary N) is 1. The molecule has 1 unspecified atom stereocenters. The van der Waals surface area contributed by atoms with E-state index in [0.29, 0.717) is 6.61 Å². The third-order valence-corrected chi connectivity index (χ3v) is 2.58. The Morgan fingerprint density at radius 2 is 2.27 bits per heavy atom. The molecule has 3 nitrogen and oxygen atoms in total. The number of rotatable bonds is 2. The predicted octanol–water partition coefficient (Wildman–Crippen LogP) is 2.12. The summed E-state index contributed by atoms with van der Waals surface area (Å²) in [5.74, 6) is 0.967. The molecule has 1 aromatic rings. The van der Waals surface area contributed by atoms with Crippen LogP contribution in [-0.4, -0.2) is 26.4 Å². The molecule has 82 valence electrons. The Bertz CT molecular complexity index is 363. The van der Waals surface area contributed by atoms with Crippen LogP contribution in [-0.2, 0) is 4.74 Å². The molecule has 1 aliphatic heterocycles. The summed E-state index contributed by atoms with van der Waals surface area (Å²) in [7, 11) is 1.70. The first kappa shape index (κ1) is 10.3. The van der Waals surface area contributed by atoms with Crippen LogP contribution >= 0.6 is 0 Å². The minimum absolute atomic E-state index is 0.115. The molecule has 1 aliphatic rings. The fraction of sp³-hybridized carbons (Fsp3) is 0.500. The molecule has 0 fully saturated rings. The summed E-state index contributed by atoms with van der Waals surface area (Å²) in [4.78, 5) is 0. The molecule has 0 radical (unpaired) electrons. The third kappa shape index (κ3) is 2.07. The summed E-state index contributed by atoms with van der Waals surface area (Å²) < 4.78 is 11.0. The average molecular weight is 207 g/mol. The molecule has 1 N–H and O–H groups in total. The zero-order chi connectivity index (χ0) is 10.8. The standard InChI is InChI=1S/C12H17NO2/c1-8-4-9(2)12-11(5-8)13-6-10(15-12)7-14-3/h4-5,10,13H,6-7H2,1-3H3. The van der Waals surface area contributed by atoms with Gasteiger partial charge in [0.05, 0.1) is 18.8 Å². The van der Waals surface area contributed by atoms with Crippen LogP contribution in [0.1, 0.15) is 11.1 Å². The Hall–Kier alpha value is -1.22. The first-order valence-electron chi connectivity index (χ1n) is 5.21. The molecule has 0 spiro atoms. The van der Waals surface area contributed by atoms with Gasteiger partial charge in [0.15, 0.2) is 0 Å². The van der Waals surface area contributed by atoms with Crippen molar-refractivity contribution in [1.82, 2.24) is 0 Å². The first-order valence-corrected chi connectivity index (χ1v) is 5.21. The SMILES string of the molecule is COCC1CNc2cc(C)cc(C)c2O1. The monoisotopic (exact) mass is 207 g/mol. The van der Waals surface area contributed by atoms with Crippen LogP contribution in [0.15, 0.2) is 12.1 Å². The number of aryl methyl sites for hydroxylation is 2. The van der Waals surface area contributed by atoms with Crippen molar-refractivity contribution in [3.63, 3.8) is 0 Å². The molecule has 0 aliphatic carbocycles. The van der Waals surface area contributed by atoms with E-state index in [1.165, 1.54) is 11.1 Å². The highest BCUT2D eigenvalue weighted by Crippen LogP contribution is 2.33. The van der Waals surface area contributed by atoms with Crippen LogP contribution in [0.2, 0.25) is 0 Å². The molecule has 15 heavy (non-hydrogen) atoms. The minimum atomic E-state index is 0.115. The summed E-state index contributed by atoms with van der Waals surface area (Å²) in [6, 6.07) is 4.25. The van der Waals surface area contributed by atoms with Gasteiger partial charge in [-0.25, -0.2) is 0 Å². The van der Waals surface area contributed by atoms with Gasteiger partial charge in [0.25, 0.3) is 0 Å². The molecular weight excluding hydrogens is 190 g/mol. The normalized spacial score (nSPS) is 19.0. The van der Waals surface area contributed by atoms with Gasteiger partial charge in [-0.1, -0.05) is 6.07 Å². The molecule has 1 heterocycles. The first-order chi connectivity index (χ1) is 7.20. The van der Waals surface area contributed by atoms with Crippen molar-refractivity contribution in [1.29, 1.82) is 0 Å². The molecule has 0 bridgehead atoms. The molecule has 0 saturated heterocycles. The van der Waals surface area contributed by atoms with Crippen LogP contribution in [0.4, 0.5) is 5.69 Å². The van der Waals surface area contributed by atoms with Gasteiger partial charge in [-0.2, -0.15) is 0 Å². The fourth-order valence-electron chi connectivity index (χ4n) is 1.95. The van der Waals surface area contributed by atoms with E-state index >= 15 is 0 Å². The largest absolute Gasteiger partial charge is 0.484 e. The number of hydrogen-bond donors (Lipinski definition) is 1. The van der Waals surface area contributed by atoms with Gasteiger partial charge in [-0.3, -0.25) is 0 Å². The summed E-state index contributed by atoms with van der Waals surface area (Å²) in [5.41, 5.74) is 3.53. The quantitative estimate of drug-likeness (QED) is 0.805. The van der Waals surface area contributed by atoms with Gasteiger partial charge >= 0.3 is 0 Å². The van der Waals surface area contributed by atoms with E-state index in [2.05, 4.69) is 31.3 Å². The number of benzene rings is 1. The molecule has 3 heteroatoms. The molecular formula is C12H17NO2. The van der Waals surface area contributed by atoms with Gasteiger partial charge in [0.1, 0.15) is 11.9 Å². The summed E-state index contributed by atoms with van der Waals surface area (Å²) in [5, 5.41) is 3.37. The van der Waals surface area contributed by atoms with E-state index in [9.17, 15) is 0 Å². The zero-order valence-corrected chi connectivity index (χ0v) is 9.46. The van der Waals surface area contributed by atoms with Crippen molar-refractivity contribution >= 4 is 5.69 Å². The Morgan fingerprint density at radius 1 is 1.47 bits per heavy atom. The van der Waals surface area contributed by atoms with Crippen LogP contribution < -0.4 is 10.1 Å². The van der Waals surface area contributed by atoms with Crippen molar-refractivity contribution in [2.75, 3.05) is 25.6 Å². The Kier molecular flexibility index (Phi) is 2.82. The maximum Gasteiger partial charge on any atom is 0.145 e. The lowest BCUT2D eigenvalue weighted by molar-refractivity contribution is 0.0843. The van der Waals surface area contributed by atoms with Crippen LogP contribution in [0.25, 0.3) is 0 Å². The number of fused-ring (bicyclic) bond motifs is 1. The Balaban J connectivity index is 2.25. The highest BCUT2D eigenvalue weighted by Gasteiger charge is 2.20. The molecule has 0 saturated carbocycles. The smallest absolute Gasteiger partial charge is 0.145 e. The summed E-state index contributed by atoms with van der Waals surface area (Å²) >= 11 is 0. The lowest BCUT2D eigenvalue weighted by Gasteiger charge is -2.28. The van der Waals surface area contributed by atoms with Crippen LogP contribution in [0.3, 0.4) is 0 Å². The number of anilines is 1. The summed E-state index contributed by atoms with van der Waals surface area (Å²) in [6.45, 7) is 5.60. The predicted molar refractivity (Wildman–Crippen MR) is 60.7 cm³/mol. The van der Waals surface area contributed by atoms with Gasteiger partial charge in [0, 0.05) is 7.11 Å². The van der Waals surface area contributed by atoms with Crippen molar-refractivity contribution in [3.8, 4) is 5.75 Å². The lowest BCUT2D eigenvalue weighted by Crippen LogP contribution is -2.34. The van der Waals surface area contributed by atoms with E-state index in [4.69, 9.17) is 9.47 Å². The topological polar surface area (TPSA) is 30.5 Å². The van der Waals surface area contributed by atoms with Crippen molar-refractivity contribution in [2.45, 2.75) is 20.0 Å². The molecule has 1 atom stereocenters. The zero-order valence-electron chi connectivity index (χ0n) is 9.46. The number of ether oxygens (including phenoxy) is 2. The second kappa shape index (κ2) is 4.11. The highest BCUT2D eigenvalue weighted by molar-refractivity contribution is 5.63. The van der Waals surface area contributed by atoms with Crippen molar-refractivity contribution in [2.24, 2.45) is 0 Å². The van der Waals surface area contributed by atoms with Crippen LogP contribution in [0.5, 0.6) is 5.75 Å². The molecule has 0 aromatic heterocycles. The van der Waals surface area contributed by atoms with E-state index in [1.807, 2.05) is 0 Å². The Labute approximate surface area is 90.4 Å². The molecule has 1 aromatic carbocycles. The van der Waals surface area contributed by atoms with E-state index in [-0.39, 0.29) is 6.10 Å². The summed E-state index contributed by atoms with van der Waals surface area (Å²) in [6.07, 6.45) is 0.115. The lowest BCUT2D eigenvalue weighted by atomic mass is 10.1. The van der Waals surface area contributed by atoms with E-state index in [0.717, 1.165) is 18.0 Å². The fourth-order valence-corrected chi connectivity index (χ4v) is 1.95. The van der Waals surface area contributed by atoms with E-state index in [1.54, 1.807) is 7.11 Å². The molecule has 0 amide bonds. The second-order valence-corrected chi connectivity index (χ2v) is 4.03. The third-order valence-electron chi connectivity index (χ3n) is 2.58. The molecule has 2 rings (SSSR count). The van der Waals surface area contributed by atoms with Gasteiger partial charge in [0.2, 0.25) is 0 Å². The van der Waals surface area contributed by atoms with Crippen molar-refractivity contribution in [3.05, 3.63) is 23.3 Å². The maximum absolute atomic E-state index is 5.87. The van der Waals surface area contributed by atoms with Gasteiger partial charge in [-0.05, 0) is 31.0 Å². The van der Waals surface area contributed by atoms with Crippen LogP contribution in [0, 0.1) is 13.8 Å². The van der Waals surface area contributed by atoms with Crippen molar-refractivity contribution < 1.29 is 9.47 Å². The minimum Gasteiger partial charge on any atom is -0.484 e. The van der Waals surface area contributed by atoms with Gasteiger partial charge in [-0.15, -0.1) is 0 Å². The Morgan fingerprint density at radius 3 is 3.00 bits per heavy atom. The maximum atomic E-state index is 5.87. The average Bonchev–Trinajstić information content (AvgIpc) is 2.19. The number of methoxy groups -OCH3 is 1. The second-order valence-electron chi connectivity index (χ2n) is 4.03.